The van der Waals surface area contributed by atoms with Crippen molar-refractivity contribution in [3.8, 4) is 11.8 Å². The van der Waals surface area contributed by atoms with Crippen LogP contribution in [0.1, 0.15) is 173 Å². The van der Waals surface area contributed by atoms with Crippen molar-refractivity contribution in [2.24, 2.45) is 29.4 Å². The summed E-state index contributed by atoms with van der Waals surface area (Å²) >= 11 is 0. The number of para-hydroxylation sites is 1. The van der Waals surface area contributed by atoms with E-state index in [0.29, 0.717) is 49.2 Å². The molecule has 0 aromatic heterocycles. The number of likely N-dealkylation sites (tertiary alicyclic amines) is 1. The summed E-state index contributed by atoms with van der Waals surface area (Å²) in [6, 6.07) is 25.0. The molecule has 0 spiro atoms. The van der Waals surface area contributed by atoms with Crippen LogP contribution < -0.4 is 53.2 Å². The average molecular weight is 1570 g/mol. The first kappa shape index (κ1) is 90.2. The van der Waals surface area contributed by atoms with E-state index in [1.807, 2.05) is 66.7 Å². The van der Waals surface area contributed by atoms with Gasteiger partial charge >= 0.3 is 12.1 Å². The van der Waals surface area contributed by atoms with Gasteiger partial charge in [0.1, 0.15) is 30.3 Å². The number of ether oxygens (including phenoxy) is 5. The topological polar surface area (TPSA) is 386 Å². The number of alkyl carbamates (subject to hydrolysis) is 1. The fourth-order valence-electron chi connectivity index (χ4n) is 14.5. The highest BCUT2D eigenvalue weighted by molar-refractivity contribution is 5.99. The molecule has 1 unspecified atom stereocenters. The Kier molecular flexibility index (Phi) is 36.0. The van der Waals surface area contributed by atoms with Gasteiger partial charge in [0, 0.05) is 77.0 Å². The average Bonchev–Trinajstić information content (AvgIpc) is 1.35. The summed E-state index contributed by atoms with van der Waals surface area (Å²) in [6.07, 6.45) is 2.25. The molecule has 3 aliphatic rings. The summed E-state index contributed by atoms with van der Waals surface area (Å²) in [5, 5.41) is 33.0. The standard InChI is InChI=1S/C84H118N12O17/c1-53(2)72(91-69(98)42-46-111-48-49-112-47-44-86-68(97)34-21-35-70(99)96-51-62-30-18-15-24-58(62)38-39-59-25-19-20-32-65(59)96)79(104)90-64(31-22-43-87-82(85)107)78(103)89-63-40-36-57(37-41-63)52-113-83(108)93-84(7,8)81(106)92-73(54(3)4)80(105)94(9)74(60-26-16-17-27-60)67(109-10)50-71(100)95-45-23-33-66(95)76(110-11)55(5)77(102)88-56(6)75(101)61-28-13-12-14-29-61/h12-15,18-20,24-25,28-30,32,36-37,40-41,53-56,60,64,66-67,72-76,101H,16-17,21-23,26-27,31,33-35,42-52H2,1-11H3,(H,86,97)(H,88,102)(H,89,103)(H,90,104)(H,91,98)(H,92,106)(H,93,108)(H3,85,87,107)/t55-,56-,64?,66+,67-,72+,73+,74+,75-,76-/m1/s1. The molecule has 2 aliphatic heterocycles. The van der Waals surface area contributed by atoms with Gasteiger partial charge in [-0.3, -0.25) is 43.2 Å². The SMILES string of the molecule is CO[C@H]([C@@H](C)C(=O)N[C@H](C)[C@@H](O)c1ccccc1)[C@@H]1CCCN1C(=O)C[C@@H](OC)[C@H](C1CCCC1)N(C)C(=O)[C@@H](NC(=O)C(C)(C)NC(=O)OCc1ccc(NC(=O)C(CCCNC(N)=O)NC(=O)[C@@H](NC(=O)CCOCCOCCNC(=O)CCCC(=O)N2Cc3ccccc3C#Cc3ccccc32)C(C)C)cc1)C(C)C. The molecule has 11 N–H and O–H groups in total. The van der Waals surface area contributed by atoms with Crippen LogP contribution in [0.3, 0.4) is 0 Å². The maximum atomic E-state index is 14.9. The normalized spacial score (nSPS) is 16.4. The third-order valence-electron chi connectivity index (χ3n) is 20.9. The maximum Gasteiger partial charge on any atom is 0.408 e. The Morgan fingerprint density at radius 3 is 1.97 bits per heavy atom. The Hall–Kier alpha value is -9.99. The fraction of sp³-hybridized carbons (Fsp3) is 0.560. The number of rotatable bonds is 43. The number of hydrogen-bond acceptors (Lipinski definition) is 17. The highest BCUT2D eigenvalue weighted by Gasteiger charge is 2.45. The number of aliphatic hydroxyl groups excluding tert-OH is 1. The minimum atomic E-state index is -1.60. The molecule has 29 nitrogen and oxygen atoms in total. The summed E-state index contributed by atoms with van der Waals surface area (Å²) in [6.45, 7) is 15.0. The van der Waals surface area contributed by atoms with E-state index >= 15 is 0 Å². The lowest BCUT2D eigenvalue weighted by molar-refractivity contribution is -0.148. The van der Waals surface area contributed by atoms with Crippen molar-refractivity contribution in [3.63, 3.8) is 0 Å². The number of carbonyl (C=O) groups is 11. The highest BCUT2D eigenvalue weighted by Crippen LogP contribution is 2.36. The Labute approximate surface area is 664 Å². The minimum Gasteiger partial charge on any atom is -0.445 e. The van der Waals surface area contributed by atoms with Gasteiger partial charge in [0.2, 0.25) is 53.2 Å². The van der Waals surface area contributed by atoms with Gasteiger partial charge in [-0.15, -0.1) is 0 Å². The number of aliphatic hydroxyl groups is 1. The minimum absolute atomic E-state index is 0.0126. The molecule has 2 fully saturated rings. The first-order valence-electron chi connectivity index (χ1n) is 39.4. The maximum absolute atomic E-state index is 14.9. The van der Waals surface area contributed by atoms with Gasteiger partial charge in [0.25, 0.3) is 0 Å². The zero-order valence-corrected chi connectivity index (χ0v) is 67.3. The third-order valence-corrected chi connectivity index (χ3v) is 20.9. The number of fused-ring (bicyclic) bond motifs is 2. The van der Waals surface area contributed by atoms with Crippen LogP contribution in [0.15, 0.2) is 103 Å². The number of amides is 12. The largest absolute Gasteiger partial charge is 0.445 e. The highest BCUT2D eigenvalue weighted by atomic mass is 16.5. The summed E-state index contributed by atoms with van der Waals surface area (Å²) in [5.74, 6) is 1.23. The molecule has 1 saturated carbocycles. The van der Waals surface area contributed by atoms with Gasteiger partial charge in [0.15, 0.2) is 0 Å². The van der Waals surface area contributed by atoms with Crippen molar-refractivity contribution >= 4 is 76.7 Å². The van der Waals surface area contributed by atoms with Gasteiger partial charge in [-0.25, -0.2) is 9.59 Å². The molecule has 7 rings (SSSR count). The quantitative estimate of drug-likeness (QED) is 0.0161. The molecule has 616 valence electrons. The van der Waals surface area contributed by atoms with E-state index in [9.17, 15) is 57.8 Å². The number of anilines is 2. The number of urea groups is 1. The second-order valence-electron chi connectivity index (χ2n) is 30.5. The number of primary amides is 1. The Bertz CT molecular complexity index is 3900. The number of hydrogen-bond donors (Lipinski definition) is 10. The molecule has 113 heavy (non-hydrogen) atoms. The van der Waals surface area contributed by atoms with Crippen molar-refractivity contribution < 1.29 is 81.5 Å². The third kappa shape index (κ3) is 27.4. The molecule has 0 bridgehead atoms. The number of nitrogens with one attached hydrogen (secondary N) is 8. The second-order valence-corrected chi connectivity index (χ2v) is 30.5. The molecular weight excluding hydrogens is 1450 g/mol. The van der Waals surface area contributed by atoms with Gasteiger partial charge < -0.3 is 91.8 Å². The zero-order chi connectivity index (χ0) is 82.3. The van der Waals surface area contributed by atoms with E-state index in [-0.39, 0.29) is 114 Å². The summed E-state index contributed by atoms with van der Waals surface area (Å²) in [7, 11) is 4.71. The summed E-state index contributed by atoms with van der Waals surface area (Å²) < 4.78 is 28.9. The lowest BCUT2D eigenvalue weighted by atomic mass is 9.88. The predicted molar refractivity (Wildman–Crippen MR) is 426 cm³/mol. The molecule has 4 aromatic rings. The molecule has 4 aromatic carbocycles. The van der Waals surface area contributed by atoms with Crippen molar-refractivity contribution in [2.45, 2.75) is 212 Å². The number of carbonyl (C=O) groups excluding carboxylic acids is 11. The molecule has 0 radical (unpaired) electrons. The molecule has 12 amide bonds. The summed E-state index contributed by atoms with van der Waals surface area (Å²) in [4.78, 5) is 154. The summed E-state index contributed by atoms with van der Waals surface area (Å²) in [5.41, 5.74) is 8.48. The number of likely N-dealkylation sites (N-methyl/N-ethyl adjacent to an activating group) is 1. The second kappa shape index (κ2) is 45.0. The van der Waals surface area contributed by atoms with Gasteiger partial charge in [-0.05, 0) is 130 Å². The van der Waals surface area contributed by atoms with Crippen molar-refractivity contribution in [3.05, 3.63) is 131 Å². The number of nitrogens with zero attached hydrogens (tertiary/aromatic N) is 3. The molecule has 2 heterocycles. The Morgan fingerprint density at radius 2 is 1.30 bits per heavy atom. The Balaban J connectivity index is 0.827. The first-order chi connectivity index (χ1) is 54.0. The van der Waals surface area contributed by atoms with E-state index in [2.05, 4.69) is 54.4 Å². The van der Waals surface area contributed by atoms with Crippen LogP contribution in [-0.4, -0.2) is 202 Å². The van der Waals surface area contributed by atoms with E-state index in [4.69, 9.17) is 29.4 Å². The lowest BCUT2D eigenvalue weighted by Crippen LogP contribution is -2.62. The monoisotopic (exact) mass is 1570 g/mol. The molecule has 10 atom stereocenters. The van der Waals surface area contributed by atoms with Crippen LogP contribution in [0, 0.1) is 35.5 Å². The molecular formula is C84H118N12O17. The van der Waals surface area contributed by atoms with Crippen LogP contribution in [0.2, 0.25) is 0 Å². The van der Waals surface area contributed by atoms with E-state index in [1.165, 1.54) is 28.1 Å². The van der Waals surface area contributed by atoms with Crippen molar-refractivity contribution in [1.29, 1.82) is 0 Å². The van der Waals surface area contributed by atoms with Crippen LogP contribution in [-0.2, 0) is 80.0 Å². The van der Waals surface area contributed by atoms with Crippen LogP contribution in [0.5, 0.6) is 0 Å². The fourth-order valence-corrected chi connectivity index (χ4v) is 14.5. The smallest absolute Gasteiger partial charge is 0.408 e. The van der Waals surface area contributed by atoms with Gasteiger partial charge in [-0.2, -0.15) is 0 Å². The zero-order valence-electron chi connectivity index (χ0n) is 67.3. The molecule has 1 aliphatic carbocycles. The number of nitrogens with two attached hydrogens (primary N) is 1. The van der Waals surface area contributed by atoms with Gasteiger partial charge in [0.05, 0.1) is 87.4 Å². The van der Waals surface area contributed by atoms with E-state index in [0.717, 1.165) is 48.1 Å². The number of methoxy groups -OCH3 is 2. The van der Waals surface area contributed by atoms with Crippen molar-refractivity contribution in [2.75, 3.05) is 77.5 Å². The van der Waals surface area contributed by atoms with Crippen LogP contribution in [0.25, 0.3) is 0 Å². The lowest BCUT2D eigenvalue weighted by Gasteiger charge is -2.41. The van der Waals surface area contributed by atoms with E-state index < -0.39 is 120 Å². The first-order valence-corrected chi connectivity index (χ1v) is 39.4. The van der Waals surface area contributed by atoms with E-state index in [1.54, 1.807) is 99.7 Å². The Morgan fingerprint density at radius 1 is 0.646 bits per heavy atom. The van der Waals surface area contributed by atoms with Crippen molar-refractivity contribution in [1.82, 2.24) is 47.0 Å². The molecule has 1 saturated heterocycles. The number of benzene rings is 4. The molecule has 29 heteroatoms. The van der Waals surface area contributed by atoms with Crippen LogP contribution >= 0.6 is 0 Å². The van der Waals surface area contributed by atoms with Gasteiger partial charge in [-0.1, -0.05) is 132 Å². The van der Waals surface area contributed by atoms with Crippen LogP contribution in [0.4, 0.5) is 21.0 Å². The predicted octanol–water partition coefficient (Wildman–Crippen LogP) is 6.80.